The first kappa shape index (κ1) is 9.39. The van der Waals surface area contributed by atoms with E-state index in [9.17, 15) is 5.11 Å². The Balaban J connectivity index is 3.92. The summed E-state index contributed by atoms with van der Waals surface area (Å²) < 4.78 is 0. The lowest BCUT2D eigenvalue weighted by Gasteiger charge is -2.29. The van der Waals surface area contributed by atoms with E-state index in [0.717, 1.165) is 12.8 Å². The van der Waals surface area contributed by atoms with Gasteiger partial charge in [-0.05, 0) is 18.5 Å². The molecule has 0 saturated carbocycles. The minimum absolute atomic E-state index is 0.299. The summed E-state index contributed by atoms with van der Waals surface area (Å²) in [4.78, 5) is 0. The van der Waals surface area contributed by atoms with E-state index in [-0.39, 0.29) is 0 Å². The van der Waals surface area contributed by atoms with Gasteiger partial charge in [0, 0.05) is 0 Å². The highest BCUT2D eigenvalue weighted by Crippen LogP contribution is 2.24. The third-order valence-electron chi connectivity index (χ3n) is 2.07. The van der Waals surface area contributed by atoms with Crippen LogP contribution in [-0.2, 0) is 0 Å². The summed E-state index contributed by atoms with van der Waals surface area (Å²) in [6.07, 6.45) is 1.68. The third-order valence-corrected chi connectivity index (χ3v) is 2.69. The van der Waals surface area contributed by atoms with Gasteiger partial charge in [-0.1, -0.05) is 20.8 Å². The summed E-state index contributed by atoms with van der Waals surface area (Å²) in [5, 5.41) is 9.69. The summed E-state index contributed by atoms with van der Waals surface area (Å²) in [5.74, 6) is 0. The van der Waals surface area contributed by atoms with Crippen molar-refractivity contribution in [2.24, 2.45) is 0 Å². The molecule has 1 nitrogen and oxygen atoms in total. The van der Waals surface area contributed by atoms with E-state index < -0.39 is 5.60 Å². The molecule has 0 radical (unpaired) electrons. The molecule has 0 amide bonds. The second-order valence-electron chi connectivity index (χ2n) is 2.60. The molecule has 0 aliphatic heterocycles. The first-order valence-corrected chi connectivity index (χ1v) is 4.21. The topological polar surface area (TPSA) is 20.2 Å². The lowest BCUT2D eigenvalue weighted by molar-refractivity contribution is 0.0339. The van der Waals surface area contributed by atoms with Crippen LogP contribution < -0.4 is 0 Å². The van der Waals surface area contributed by atoms with Crippen molar-refractivity contribution in [2.45, 2.75) is 44.9 Å². The van der Waals surface area contributed by atoms with Gasteiger partial charge in [0.05, 0.1) is 5.60 Å². The molecule has 1 N–H and O–H groups in total. The van der Waals surface area contributed by atoms with Crippen molar-refractivity contribution in [1.82, 2.24) is 0 Å². The summed E-state index contributed by atoms with van der Waals surface area (Å²) in [6, 6.07) is 0. The quantitative estimate of drug-likeness (QED) is 0.605. The molecule has 0 rings (SSSR count). The van der Waals surface area contributed by atoms with Gasteiger partial charge in [0.1, 0.15) is 0 Å². The van der Waals surface area contributed by atoms with Crippen molar-refractivity contribution in [3.8, 4) is 0 Å². The predicted octanol–water partition coefficient (Wildman–Crippen LogP) is 1.80. The zero-order chi connectivity index (χ0) is 7.49. The van der Waals surface area contributed by atoms with Crippen molar-refractivity contribution < 1.29 is 5.11 Å². The average molecular weight is 148 g/mol. The van der Waals surface area contributed by atoms with Crippen LogP contribution in [0.5, 0.6) is 0 Å². The molecule has 0 aliphatic rings. The fraction of sp³-hybridized carbons (Fsp3) is 1.00. The van der Waals surface area contributed by atoms with Crippen LogP contribution in [-0.4, -0.2) is 16.4 Å². The van der Waals surface area contributed by atoms with Crippen LogP contribution in [0.1, 0.15) is 33.6 Å². The lowest BCUT2D eigenvalue weighted by atomic mass is 9.94. The maximum atomic E-state index is 9.69. The van der Waals surface area contributed by atoms with Crippen LogP contribution in [0.15, 0.2) is 0 Å². The van der Waals surface area contributed by atoms with Gasteiger partial charge < -0.3 is 5.11 Å². The Morgan fingerprint density at radius 2 is 1.78 bits per heavy atom. The molecular formula is C7H17OP. The SMILES string of the molecule is CCC(O)(CC)C(C)P. The fourth-order valence-corrected chi connectivity index (χ4v) is 1.37. The van der Waals surface area contributed by atoms with Crippen molar-refractivity contribution in [3.05, 3.63) is 0 Å². The van der Waals surface area contributed by atoms with Gasteiger partial charge in [-0.25, -0.2) is 0 Å². The molecule has 2 unspecified atom stereocenters. The second-order valence-corrected chi connectivity index (χ2v) is 3.60. The van der Waals surface area contributed by atoms with Crippen molar-refractivity contribution in [2.75, 3.05) is 0 Å². The maximum Gasteiger partial charge on any atom is 0.0702 e. The molecule has 0 heterocycles. The van der Waals surface area contributed by atoms with Crippen molar-refractivity contribution >= 4 is 9.24 Å². The molecular weight excluding hydrogens is 131 g/mol. The average Bonchev–Trinajstić information content (AvgIpc) is 1.86. The van der Waals surface area contributed by atoms with Crippen molar-refractivity contribution in [1.29, 1.82) is 0 Å². The molecule has 0 aromatic rings. The molecule has 56 valence electrons. The molecule has 9 heavy (non-hydrogen) atoms. The Hall–Kier alpha value is 0.390. The van der Waals surface area contributed by atoms with Crippen LogP contribution in [0.2, 0.25) is 0 Å². The normalized spacial score (nSPS) is 15.7. The fourth-order valence-electron chi connectivity index (χ4n) is 0.894. The second kappa shape index (κ2) is 3.53. The molecule has 0 aliphatic carbocycles. The highest BCUT2D eigenvalue weighted by molar-refractivity contribution is 7.17. The van der Waals surface area contributed by atoms with E-state index in [0.29, 0.717) is 5.66 Å². The molecule has 2 heteroatoms. The maximum absolute atomic E-state index is 9.69. The Bertz CT molecular complexity index is 77.0. The number of rotatable bonds is 3. The van der Waals surface area contributed by atoms with Gasteiger partial charge in [0.25, 0.3) is 0 Å². The highest BCUT2D eigenvalue weighted by Gasteiger charge is 2.25. The van der Waals surface area contributed by atoms with Gasteiger partial charge in [0.15, 0.2) is 0 Å². The van der Waals surface area contributed by atoms with Gasteiger partial charge in [-0.3, -0.25) is 0 Å². The van der Waals surface area contributed by atoms with E-state index in [1.54, 1.807) is 0 Å². The monoisotopic (exact) mass is 148 g/mol. The van der Waals surface area contributed by atoms with E-state index in [2.05, 4.69) is 9.24 Å². The Kier molecular flexibility index (Phi) is 3.68. The van der Waals surface area contributed by atoms with E-state index >= 15 is 0 Å². The lowest BCUT2D eigenvalue weighted by Crippen LogP contribution is -2.35. The van der Waals surface area contributed by atoms with Gasteiger partial charge in [-0.2, -0.15) is 0 Å². The molecule has 2 atom stereocenters. The molecule has 0 aromatic heterocycles. The highest BCUT2D eigenvalue weighted by atomic mass is 31.0. The largest absolute Gasteiger partial charge is 0.389 e. The molecule has 0 bridgehead atoms. The number of hydrogen-bond donors (Lipinski definition) is 1. The van der Waals surface area contributed by atoms with Crippen LogP contribution in [0, 0.1) is 0 Å². The predicted molar refractivity (Wildman–Crippen MR) is 44.7 cm³/mol. The van der Waals surface area contributed by atoms with Crippen LogP contribution in [0.4, 0.5) is 0 Å². The van der Waals surface area contributed by atoms with Gasteiger partial charge >= 0.3 is 0 Å². The minimum atomic E-state index is -0.454. The standard InChI is InChI=1S/C7H17OP/c1-4-7(8,5-2)6(3)9/h6,8H,4-5,9H2,1-3H3. The summed E-state index contributed by atoms with van der Waals surface area (Å²) in [6.45, 7) is 6.06. The van der Waals surface area contributed by atoms with Crippen molar-refractivity contribution in [3.63, 3.8) is 0 Å². The summed E-state index contributed by atoms with van der Waals surface area (Å²) >= 11 is 0. The minimum Gasteiger partial charge on any atom is -0.389 e. The van der Waals surface area contributed by atoms with E-state index in [1.165, 1.54) is 0 Å². The van der Waals surface area contributed by atoms with Crippen LogP contribution in [0.25, 0.3) is 0 Å². The van der Waals surface area contributed by atoms with Gasteiger partial charge in [0.2, 0.25) is 0 Å². The van der Waals surface area contributed by atoms with Gasteiger partial charge in [-0.15, -0.1) is 9.24 Å². The molecule has 0 spiro atoms. The zero-order valence-electron chi connectivity index (χ0n) is 6.52. The molecule has 0 aromatic carbocycles. The number of hydrogen-bond acceptors (Lipinski definition) is 1. The molecule has 0 saturated heterocycles. The Morgan fingerprint density at radius 1 is 1.44 bits per heavy atom. The Morgan fingerprint density at radius 3 is 1.78 bits per heavy atom. The zero-order valence-corrected chi connectivity index (χ0v) is 7.67. The first-order chi connectivity index (χ1) is 4.06. The van der Waals surface area contributed by atoms with E-state index in [1.807, 2.05) is 20.8 Å². The van der Waals surface area contributed by atoms with E-state index in [4.69, 9.17) is 0 Å². The number of aliphatic hydroxyl groups is 1. The first-order valence-electron chi connectivity index (χ1n) is 3.54. The summed E-state index contributed by atoms with van der Waals surface area (Å²) in [7, 11) is 2.64. The van der Waals surface area contributed by atoms with Crippen LogP contribution in [0.3, 0.4) is 0 Å². The molecule has 0 fully saturated rings. The smallest absolute Gasteiger partial charge is 0.0702 e. The Labute approximate surface area is 60.1 Å². The summed E-state index contributed by atoms with van der Waals surface area (Å²) in [5.41, 5.74) is -0.155. The third kappa shape index (κ3) is 2.23. The van der Waals surface area contributed by atoms with Crippen LogP contribution >= 0.6 is 9.24 Å².